The Morgan fingerprint density at radius 1 is 1.08 bits per heavy atom. The minimum Gasteiger partial charge on any atom is -0.494 e. The zero-order valence-electron chi connectivity index (χ0n) is 28.5. The zero-order chi connectivity index (χ0) is 37.3. The highest BCUT2D eigenvalue weighted by atomic mass is 19.1. The number of halogens is 1. The van der Waals surface area contributed by atoms with Crippen molar-refractivity contribution in [1.29, 1.82) is 0 Å². The maximum Gasteiger partial charge on any atom is 0.405 e. The molecule has 18 heteroatoms. The SMILES string of the molecule is CCC1(O)C(=O)OCc2c1cc1n(c2=O)Cc2c-1nc1cc(F)c(OC)cc1c2CN1CCC(NC(=O)CNC(=O)CNC(=O)COC(N)=O)CC1. The molecule has 3 aliphatic heterocycles. The molecule has 1 atom stereocenters. The molecule has 0 spiro atoms. The molecule has 4 amide bonds. The lowest BCUT2D eigenvalue weighted by Crippen LogP contribution is -2.48. The maximum atomic E-state index is 15.0. The first-order valence-corrected chi connectivity index (χ1v) is 16.7. The number of methoxy groups -OCH3 is 1. The van der Waals surface area contributed by atoms with Gasteiger partial charge >= 0.3 is 12.1 Å². The number of ether oxygens (including phenoxy) is 3. The number of aromatic nitrogens is 2. The topological polar surface area (TPSA) is 234 Å². The Morgan fingerprint density at radius 2 is 1.79 bits per heavy atom. The number of piperidine rings is 1. The van der Waals surface area contributed by atoms with Crippen molar-refractivity contribution in [3.05, 3.63) is 56.6 Å². The van der Waals surface area contributed by atoms with Gasteiger partial charge in [0.05, 0.1) is 49.2 Å². The van der Waals surface area contributed by atoms with Crippen molar-refractivity contribution in [2.24, 2.45) is 5.73 Å². The normalized spacial score (nSPS) is 18.1. The highest BCUT2D eigenvalue weighted by Gasteiger charge is 2.45. The number of esters is 1. The van der Waals surface area contributed by atoms with Crippen molar-refractivity contribution in [1.82, 2.24) is 30.4 Å². The molecule has 3 aliphatic rings. The third kappa shape index (κ3) is 6.98. The molecule has 5 heterocycles. The van der Waals surface area contributed by atoms with E-state index in [2.05, 4.69) is 25.6 Å². The third-order valence-corrected chi connectivity index (χ3v) is 9.65. The van der Waals surface area contributed by atoms with Crippen LogP contribution in [0.2, 0.25) is 0 Å². The summed E-state index contributed by atoms with van der Waals surface area (Å²) in [5.41, 5.74) is 5.54. The number of pyridine rings is 2. The first-order valence-electron chi connectivity index (χ1n) is 16.7. The van der Waals surface area contributed by atoms with E-state index < -0.39 is 59.9 Å². The zero-order valence-corrected chi connectivity index (χ0v) is 28.5. The number of nitrogens with two attached hydrogens (primary N) is 1. The fourth-order valence-corrected chi connectivity index (χ4v) is 6.85. The molecule has 6 rings (SSSR count). The van der Waals surface area contributed by atoms with Crippen LogP contribution in [0.15, 0.2) is 23.0 Å². The molecule has 2 aromatic heterocycles. The lowest BCUT2D eigenvalue weighted by molar-refractivity contribution is -0.172. The minimum absolute atomic E-state index is 0.00231. The first kappa shape index (κ1) is 36.2. The Labute approximate surface area is 295 Å². The van der Waals surface area contributed by atoms with Gasteiger partial charge in [-0.1, -0.05) is 6.92 Å². The number of nitrogens with one attached hydrogen (secondary N) is 3. The number of aliphatic hydroxyl groups is 1. The third-order valence-electron chi connectivity index (χ3n) is 9.65. The molecular weight excluding hydrogens is 685 g/mol. The summed E-state index contributed by atoms with van der Waals surface area (Å²) in [6.45, 7) is 1.74. The second-order valence-electron chi connectivity index (χ2n) is 12.8. The van der Waals surface area contributed by atoms with Gasteiger partial charge in [-0.25, -0.2) is 19.0 Å². The van der Waals surface area contributed by atoms with Gasteiger partial charge in [-0.15, -0.1) is 0 Å². The Hall–Kier alpha value is -5.62. The average molecular weight is 724 g/mol. The molecule has 0 saturated carbocycles. The van der Waals surface area contributed by atoms with Crippen LogP contribution in [-0.2, 0) is 53.9 Å². The Balaban J connectivity index is 1.16. The lowest BCUT2D eigenvalue weighted by Gasteiger charge is -2.33. The number of carbonyl (C=O) groups is 5. The van der Waals surface area contributed by atoms with E-state index >= 15 is 0 Å². The number of nitrogens with zero attached hydrogens (tertiary/aromatic N) is 3. The molecule has 0 aliphatic carbocycles. The number of benzene rings is 1. The van der Waals surface area contributed by atoms with E-state index in [1.807, 2.05) is 0 Å². The largest absolute Gasteiger partial charge is 0.494 e. The van der Waals surface area contributed by atoms with Crippen LogP contribution < -0.4 is 32.0 Å². The number of primary amides is 1. The molecule has 1 aromatic carbocycles. The van der Waals surface area contributed by atoms with E-state index in [0.29, 0.717) is 54.8 Å². The highest BCUT2D eigenvalue weighted by Crippen LogP contribution is 2.41. The average Bonchev–Trinajstić information content (AvgIpc) is 3.49. The number of rotatable bonds is 11. The predicted molar refractivity (Wildman–Crippen MR) is 179 cm³/mol. The molecule has 1 fully saturated rings. The van der Waals surface area contributed by atoms with Gasteiger partial charge in [-0.3, -0.25) is 24.1 Å². The standard InChI is InChI=1S/C34H38FN7O10/c1-3-34(49)22-9-25-30-20(14-42(25)31(46)21(22)15-51-32(34)47)19(18-8-26(50-2)23(35)10-24(18)40-30)13-41-6-4-17(5-7-41)39-28(44)12-37-27(43)11-38-29(45)16-52-33(36)48/h8-10,17,49H,3-7,11-16H2,1-2H3,(H2,36,48)(H,37,43)(H,38,45)(H,39,44). The van der Waals surface area contributed by atoms with Crippen molar-refractivity contribution in [3.63, 3.8) is 0 Å². The van der Waals surface area contributed by atoms with Gasteiger partial charge in [0, 0.05) is 48.3 Å². The predicted octanol–water partition coefficient (Wildman–Crippen LogP) is -0.364. The highest BCUT2D eigenvalue weighted by molar-refractivity contribution is 5.91. The minimum atomic E-state index is -1.99. The quantitative estimate of drug-likeness (QED) is 0.125. The molecule has 1 unspecified atom stereocenters. The van der Waals surface area contributed by atoms with Gasteiger partial charge in [-0.05, 0) is 37.0 Å². The van der Waals surface area contributed by atoms with Gasteiger partial charge in [0.1, 0.15) is 6.61 Å². The second kappa shape index (κ2) is 14.5. The van der Waals surface area contributed by atoms with Crippen LogP contribution in [-0.4, -0.2) is 95.3 Å². The molecule has 0 bridgehead atoms. The number of hydrogen-bond donors (Lipinski definition) is 5. The Kier molecular flexibility index (Phi) is 10.1. The fourth-order valence-electron chi connectivity index (χ4n) is 6.85. The number of cyclic esters (lactones) is 1. The molecule has 276 valence electrons. The summed E-state index contributed by atoms with van der Waals surface area (Å²) in [6.07, 6.45) is 0.0563. The summed E-state index contributed by atoms with van der Waals surface area (Å²) in [4.78, 5) is 80.1. The molecule has 17 nitrogen and oxygen atoms in total. The Morgan fingerprint density at radius 3 is 2.48 bits per heavy atom. The van der Waals surface area contributed by atoms with E-state index in [4.69, 9.17) is 20.2 Å². The fraction of sp³-hybridized carbons (Fsp3) is 0.441. The van der Waals surface area contributed by atoms with Crippen LogP contribution in [0.4, 0.5) is 9.18 Å². The second-order valence-corrected chi connectivity index (χ2v) is 12.8. The smallest absolute Gasteiger partial charge is 0.405 e. The van der Waals surface area contributed by atoms with Crippen LogP contribution in [0.5, 0.6) is 5.75 Å². The summed E-state index contributed by atoms with van der Waals surface area (Å²) < 4.78 is 31.3. The van der Waals surface area contributed by atoms with Gasteiger partial charge in [-0.2, -0.15) is 0 Å². The summed E-state index contributed by atoms with van der Waals surface area (Å²) >= 11 is 0. The van der Waals surface area contributed by atoms with Crippen molar-refractivity contribution < 1.29 is 47.7 Å². The van der Waals surface area contributed by atoms with Crippen molar-refractivity contribution in [2.75, 3.05) is 39.9 Å². The number of likely N-dealkylation sites (tertiary alicyclic amines) is 1. The molecule has 52 heavy (non-hydrogen) atoms. The van der Waals surface area contributed by atoms with Crippen molar-refractivity contribution >= 4 is 40.7 Å². The lowest BCUT2D eigenvalue weighted by atomic mass is 9.86. The number of carbonyl (C=O) groups excluding carboxylic acids is 5. The van der Waals surface area contributed by atoms with E-state index in [1.54, 1.807) is 19.1 Å². The van der Waals surface area contributed by atoms with Crippen LogP contribution in [0.3, 0.4) is 0 Å². The van der Waals surface area contributed by atoms with Crippen LogP contribution in [0.1, 0.15) is 48.4 Å². The van der Waals surface area contributed by atoms with Gasteiger partial charge in [0.15, 0.2) is 23.8 Å². The van der Waals surface area contributed by atoms with E-state index in [-0.39, 0.29) is 49.0 Å². The van der Waals surface area contributed by atoms with E-state index in [9.17, 15) is 38.3 Å². The first-order chi connectivity index (χ1) is 24.8. The summed E-state index contributed by atoms with van der Waals surface area (Å²) in [7, 11) is 1.37. The van der Waals surface area contributed by atoms with E-state index in [1.165, 1.54) is 17.7 Å². The summed E-state index contributed by atoms with van der Waals surface area (Å²) in [5, 5.41) is 19.5. The van der Waals surface area contributed by atoms with Gasteiger partial charge in [0.2, 0.25) is 11.8 Å². The maximum absolute atomic E-state index is 15.0. The van der Waals surface area contributed by atoms with Crippen molar-refractivity contribution in [2.45, 2.75) is 57.5 Å². The van der Waals surface area contributed by atoms with Crippen LogP contribution in [0, 0.1) is 5.82 Å². The molecule has 3 aromatic rings. The van der Waals surface area contributed by atoms with Crippen LogP contribution >= 0.6 is 0 Å². The number of fused-ring (bicyclic) bond motifs is 5. The Bertz CT molecular complexity index is 2050. The molecule has 0 radical (unpaired) electrons. The number of hydrogen-bond acceptors (Lipinski definition) is 12. The molecular formula is C34H38FN7O10. The van der Waals surface area contributed by atoms with Gasteiger partial charge in [0.25, 0.3) is 11.5 Å². The van der Waals surface area contributed by atoms with Crippen molar-refractivity contribution in [3.8, 4) is 17.1 Å². The monoisotopic (exact) mass is 723 g/mol. The molecule has 1 saturated heterocycles. The summed E-state index contributed by atoms with van der Waals surface area (Å²) in [5.74, 6) is -3.14. The van der Waals surface area contributed by atoms with E-state index in [0.717, 1.165) is 11.1 Å². The number of amides is 4. The van der Waals surface area contributed by atoms with Gasteiger partial charge < -0.3 is 45.6 Å². The van der Waals surface area contributed by atoms with Crippen LogP contribution in [0.25, 0.3) is 22.3 Å². The molecule has 6 N–H and O–H groups in total. The summed E-state index contributed by atoms with van der Waals surface area (Å²) in [6, 6.07) is 4.32.